The second kappa shape index (κ2) is 10.1. The van der Waals surface area contributed by atoms with Gasteiger partial charge in [-0.25, -0.2) is 13.8 Å². The number of rotatable bonds is 6. The molecule has 0 fully saturated rings. The first-order chi connectivity index (χ1) is 17.2. The van der Waals surface area contributed by atoms with Crippen LogP contribution in [-0.4, -0.2) is 16.0 Å². The van der Waals surface area contributed by atoms with Crippen LogP contribution in [0.15, 0.2) is 72.0 Å². The molecule has 0 aliphatic carbocycles. The molecule has 1 aliphatic rings. The van der Waals surface area contributed by atoms with E-state index in [4.69, 9.17) is 28.2 Å². The first-order valence-corrected chi connectivity index (χ1v) is 13.3. The summed E-state index contributed by atoms with van der Waals surface area (Å²) in [7, 11) is 0. The van der Waals surface area contributed by atoms with E-state index < -0.39 is 5.41 Å². The Bertz CT molecular complexity index is 1390. The summed E-state index contributed by atoms with van der Waals surface area (Å²) in [5.74, 6) is -0.488. The molecule has 0 amide bonds. The SMILES string of the molecule is CC1CCc2cc(F)ccc2N1Sc1ncc(C(C)(Cc2ccc(F)cc2)c2ccc(Cl)c(Cl)c2)[nH]1. The highest BCUT2D eigenvalue weighted by Gasteiger charge is 2.33. The smallest absolute Gasteiger partial charge is 0.186 e. The predicted molar refractivity (Wildman–Crippen MR) is 144 cm³/mol. The molecule has 1 aliphatic heterocycles. The first-order valence-electron chi connectivity index (χ1n) is 11.7. The molecule has 4 aromatic rings. The molecule has 2 atom stereocenters. The number of halogens is 4. The van der Waals surface area contributed by atoms with Gasteiger partial charge in [0, 0.05) is 29.1 Å². The topological polar surface area (TPSA) is 31.9 Å². The van der Waals surface area contributed by atoms with Crippen molar-refractivity contribution in [2.45, 2.75) is 49.7 Å². The second-order valence-corrected chi connectivity index (χ2v) is 11.2. The Kier molecular flexibility index (Phi) is 7.03. The molecule has 1 aromatic heterocycles. The highest BCUT2D eigenvalue weighted by Crippen LogP contribution is 2.41. The minimum atomic E-state index is -0.535. The zero-order chi connectivity index (χ0) is 25.4. The number of H-pyrrole nitrogens is 1. The fourth-order valence-corrected chi connectivity index (χ4v) is 6.05. The van der Waals surface area contributed by atoms with Crippen LogP contribution in [0.1, 0.15) is 42.7 Å². The third-order valence-corrected chi connectivity index (χ3v) is 8.74. The highest BCUT2D eigenvalue weighted by molar-refractivity contribution is 8.00. The number of hydrogen-bond donors (Lipinski definition) is 1. The number of imidazole rings is 1. The standard InChI is InChI=1S/C28H25Cl2F2N3S/c1-17-3-6-19-13-22(32)10-12-25(19)35(17)36-27-33-16-26(34-27)28(2,15-18-4-8-21(31)9-5-18)20-7-11-23(29)24(30)14-20/h4-5,7-14,16-17H,3,6,15H2,1-2H3,(H,33,34). The van der Waals surface area contributed by atoms with Crippen LogP contribution in [0.3, 0.4) is 0 Å². The molecule has 3 aromatic carbocycles. The van der Waals surface area contributed by atoms with E-state index in [0.29, 0.717) is 16.5 Å². The predicted octanol–water partition coefficient (Wildman–Crippen LogP) is 8.39. The highest BCUT2D eigenvalue weighted by atomic mass is 35.5. The van der Waals surface area contributed by atoms with E-state index in [9.17, 15) is 8.78 Å². The van der Waals surface area contributed by atoms with E-state index in [1.807, 2.05) is 24.4 Å². The number of benzene rings is 3. The van der Waals surface area contributed by atoms with Gasteiger partial charge >= 0.3 is 0 Å². The van der Waals surface area contributed by atoms with Crippen molar-refractivity contribution in [3.63, 3.8) is 0 Å². The fraction of sp³-hybridized carbons (Fsp3) is 0.250. The average molecular weight is 544 g/mol. The van der Waals surface area contributed by atoms with E-state index in [0.717, 1.165) is 46.1 Å². The van der Waals surface area contributed by atoms with Crippen LogP contribution in [0.4, 0.5) is 14.5 Å². The Morgan fingerprint density at radius 1 is 1.03 bits per heavy atom. The lowest BCUT2D eigenvalue weighted by atomic mass is 9.75. The van der Waals surface area contributed by atoms with Crippen LogP contribution in [-0.2, 0) is 18.3 Å². The van der Waals surface area contributed by atoms with E-state index in [1.165, 1.54) is 30.1 Å². The third-order valence-electron chi connectivity index (χ3n) is 6.87. The third kappa shape index (κ3) is 4.99. The van der Waals surface area contributed by atoms with Crippen LogP contribution >= 0.6 is 35.1 Å². The molecule has 0 saturated carbocycles. The number of hydrogen-bond acceptors (Lipinski definition) is 3. The molecule has 2 unspecified atom stereocenters. The number of aromatic nitrogens is 2. The van der Waals surface area contributed by atoms with E-state index in [-0.39, 0.29) is 17.7 Å². The van der Waals surface area contributed by atoms with Crippen molar-refractivity contribution in [3.8, 4) is 0 Å². The molecular weight excluding hydrogens is 519 g/mol. The first kappa shape index (κ1) is 25.1. The lowest BCUT2D eigenvalue weighted by molar-refractivity contribution is 0.548. The molecule has 8 heteroatoms. The van der Waals surface area contributed by atoms with Crippen molar-refractivity contribution in [1.29, 1.82) is 0 Å². The normalized spacial score (nSPS) is 17.1. The summed E-state index contributed by atoms with van der Waals surface area (Å²) in [6.07, 6.45) is 4.22. The largest absolute Gasteiger partial charge is 0.335 e. The molecule has 0 spiro atoms. The summed E-state index contributed by atoms with van der Waals surface area (Å²) < 4.78 is 29.6. The lowest BCUT2D eigenvalue weighted by Crippen LogP contribution is -2.31. The summed E-state index contributed by atoms with van der Waals surface area (Å²) >= 11 is 14.1. The zero-order valence-electron chi connectivity index (χ0n) is 19.9. The van der Waals surface area contributed by atoms with Gasteiger partial charge < -0.3 is 9.29 Å². The molecule has 36 heavy (non-hydrogen) atoms. The molecule has 0 bridgehead atoms. The lowest BCUT2D eigenvalue weighted by Gasteiger charge is -2.35. The van der Waals surface area contributed by atoms with Crippen molar-refractivity contribution < 1.29 is 8.78 Å². The van der Waals surface area contributed by atoms with Gasteiger partial charge in [0.15, 0.2) is 5.16 Å². The Morgan fingerprint density at radius 3 is 2.53 bits per heavy atom. The Balaban J connectivity index is 1.50. The summed E-state index contributed by atoms with van der Waals surface area (Å²) in [6.45, 7) is 4.27. The Hall–Kier alpha value is -2.54. The van der Waals surface area contributed by atoms with Crippen LogP contribution in [0.25, 0.3) is 0 Å². The van der Waals surface area contributed by atoms with Crippen LogP contribution in [0.5, 0.6) is 0 Å². The maximum absolute atomic E-state index is 13.8. The number of nitrogens with one attached hydrogen (secondary N) is 1. The Morgan fingerprint density at radius 2 is 1.78 bits per heavy atom. The Labute approximate surface area is 224 Å². The van der Waals surface area contributed by atoms with Gasteiger partial charge in [0.25, 0.3) is 0 Å². The van der Waals surface area contributed by atoms with Gasteiger partial charge in [0.2, 0.25) is 0 Å². The second-order valence-electron chi connectivity index (χ2n) is 9.44. The van der Waals surface area contributed by atoms with Crippen molar-refractivity contribution in [3.05, 3.63) is 111 Å². The van der Waals surface area contributed by atoms with E-state index in [2.05, 4.69) is 23.1 Å². The molecule has 5 rings (SSSR count). The van der Waals surface area contributed by atoms with Gasteiger partial charge in [-0.2, -0.15) is 0 Å². The summed E-state index contributed by atoms with van der Waals surface area (Å²) in [5, 5.41) is 1.69. The summed E-state index contributed by atoms with van der Waals surface area (Å²) in [5.41, 5.74) is 4.33. The van der Waals surface area contributed by atoms with Crippen molar-refractivity contribution in [2.24, 2.45) is 0 Å². The monoisotopic (exact) mass is 543 g/mol. The van der Waals surface area contributed by atoms with Gasteiger partial charge in [-0.05, 0) is 92.3 Å². The van der Waals surface area contributed by atoms with Gasteiger partial charge in [-0.3, -0.25) is 0 Å². The fourth-order valence-electron chi connectivity index (χ4n) is 4.75. The number of aryl methyl sites for hydroxylation is 1. The number of nitrogens with zero attached hydrogens (tertiary/aromatic N) is 2. The minimum Gasteiger partial charge on any atom is -0.335 e. The quantitative estimate of drug-likeness (QED) is 0.248. The molecule has 0 radical (unpaired) electrons. The van der Waals surface area contributed by atoms with Gasteiger partial charge in [-0.15, -0.1) is 0 Å². The van der Waals surface area contributed by atoms with Crippen LogP contribution in [0, 0.1) is 11.6 Å². The van der Waals surface area contributed by atoms with Gasteiger partial charge in [0.1, 0.15) is 11.6 Å². The van der Waals surface area contributed by atoms with E-state index in [1.54, 1.807) is 24.3 Å². The number of aromatic amines is 1. The van der Waals surface area contributed by atoms with Crippen LogP contribution in [0.2, 0.25) is 10.0 Å². The van der Waals surface area contributed by atoms with Crippen molar-refractivity contribution in [1.82, 2.24) is 9.97 Å². The average Bonchev–Trinajstić information content (AvgIpc) is 3.33. The summed E-state index contributed by atoms with van der Waals surface area (Å²) in [6, 6.07) is 17.4. The molecule has 2 heterocycles. The number of anilines is 1. The molecule has 3 nitrogen and oxygen atoms in total. The van der Waals surface area contributed by atoms with E-state index >= 15 is 0 Å². The van der Waals surface area contributed by atoms with Crippen LogP contribution < -0.4 is 4.31 Å². The van der Waals surface area contributed by atoms with Crippen molar-refractivity contribution in [2.75, 3.05) is 4.31 Å². The number of fused-ring (bicyclic) bond motifs is 1. The zero-order valence-corrected chi connectivity index (χ0v) is 22.2. The maximum Gasteiger partial charge on any atom is 0.186 e. The van der Waals surface area contributed by atoms with Gasteiger partial charge in [0.05, 0.1) is 21.9 Å². The van der Waals surface area contributed by atoms with Crippen molar-refractivity contribution >= 4 is 40.8 Å². The molecule has 1 N–H and O–H groups in total. The van der Waals surface area contributed by atoms with Gasteiger partial charge in [-0.1, -0.05) is 41.4 Å². The molecular formula is C28H25Cl2F2N3S. The molecule has 186 valence electrons. The maximum atomic E-state index is 13.8. The summed E-state index contributed by atoms with van der Waals surface area (Å²) in [4.78, 5) is 8.21. The minimum absolute atomic E-state index is 0.216. The molecule has 0 saturated heterocycles.